The van der Waals surface area contributed by atoms with Gasteiger partial charge in [-0.05, 0) is 33.9 Å². The topological polar surface area (TPSA) is 90.1 Å². The maximum atomic E-state index is 12.3. The van der Waals surface area contributed by atoms with E-state index in [0.717, 1.165) is 5.69 Å². The van der Waals surface area contributed by atoms with Gasteiger partial charge in [0.05, 0.1) is 0 Å². The molecule has 3 N–H and O–H groups in total. The number of H-pyrrole nitrogens is 1. The Morgan fingerprint density at radius 2 is 2.15 bits per heavy atom. The van der Waals surface area contributed by atoms with Crippen LogP contribution in [0.25, 0.3) is 0 Å². The van der Waals surface area contributed by atoms with Gasteiger partial charge >= 0.3 is 0 Å². The first-order chi connectivity index (χ1) is 9.45. The highest BCUT2D eigenvalue weighted by molar-refractivity contribution is 7.89. The molecule has 0 atom stereocenters. The van der Waals surface area contributed by atoms with Crippen molar-refractivity contribution in [1.82, 2.24) is 25.1 Å². The summed E-state index contributed by atoms with van der Waals surface area (Å²) in [7, 11) is 0.251. The SMILES string of the molecule is CNCc1c(S(=O)(=O)NCCN(C)C2CC2)n[nH]c1C. The van der Waals surface area contributed by atoms with Crippen LogP contribution in [0.5, 0.6) is 0 Å². The molecular weight excluding hydrogens is 278 g/mol. The summed E-state index contributed by atoms with van der Waals surface area (Å²) in [5.74, 6) is 0. The van der Waals surface area contributed by atoms with Crippen molar-refractivity contribution in [2.24, 2.45) is 0 Å². The van der Waals surface area contributed by atoms with Crippen LogP contribution in [0.2, 0.25) is 0 Å². The second kappa shape index (κ2) is 6.21. The summed E-state index contributed by atoms with van der Waals surface area (Å²) >= 11 is 0. The van der Waals surface area contributed by atoms with E-state index in [4.69, 9.17) is 0 Å². The lowest BCUT2D eigenvalue weighted by atomic mass is 10.3. The Labute approximate surface area is 120 Å². The van der Waals surface area contributed by atoms with Crippen molar-refractivity contribution in [2.75, 3.05) is 27.2 Å². The molecule has 0 aromatic carbocycles. The minimum absolute atomic E-state index is 0.0958. The zero-order valence-electron chi connectivity index (χ0n) is 12.2. The number of hydrogen-bond donors (Lipinski definition) is 3. The van der Waals surface area contributed by atoms with E-state index in [0.29, 0.717) is 31.2 Å². The summed E-state index contributed by atoms with van der Waals surface area (Å²) in [6, 6.07) is 0.631. The zero-order chi connectivity index (χ0) is 14.8. The van der Waals surface area contributed by atoms with Gasteiger partial charge < -0.3 is 10.2 Å². The van der Waals surface area contributed by atoms with E-state index in [2.05, 4.69) is 25.1 Å². The summed E-state index contributed by atoms with van der Waals surface area (Å²) in [6.45, 7) is 3.41. The molecule has 1 saturated carbocycles. The van der Waals surface area contributed by atoms with Crippen LogP contribution in [0.15, 0.2) is 5.03 Å². The van der Waals surface area contributed by atoms with E-state index >= 15 is 0 Å². The fraction of sp³-hybridized carbons (Fsp3) is 0.750. The normalized spacial score (nSPS) is 16.0. The van der Waals surface area contributed by atoms with Gasteiger partial charge in [-0.15, -0.1) is 0 Å². The first-order valence-corrected chi connectivity index (χ1v) is 8.32. The number of rotatable bonds is 8. The van der Waals surface area contributed by atoms with Crippen LogP contribution in [-0.2, 0) is 16.6 Å². The Morgan fingerprint density at radius 1 is 1.45 bits per heavy atom. The fourth-order valence-corrected chi connectivity index (χ4v) is 3.37. The number of nitrogens with one attached hydrogen (secondary N) is 3. The van der Waals surface area contributed by atoms with Gasteiger partial charge in [0.25, 0.3) is 10.0 Å². The van der Waals surface area contributed by atoms with Crippen molar-refractivity contribution < 1.29 is 8.42 Å². The molecule has 0 saturated heterocycles. The molecule has 0 amide bonds. The molecule has 1 aliphatic carbocycles. The number of sulfonamides is 1. The standard InChI is InChI=1S/C12H23N5O2S/c1-9-11(8-13-2)12(16-15-9)20(18,19)14-6-7-17(3)10-4-5-10/h10,13-14H,4-8H2,1-3H3,(H,15,16). The summed E-state index contributed by atoms with van der Waals surface area (Å²) in [5.41, 5.74) is 1.46. The van der Waals surface area contributed by atoms with E-state index in [1.807, 2.05) is 14.0 Å². The summed E-state index contributed by atoms with van der Waals surface area (Å²) in [6.07, 6.45) is 2.43. The van der Waals surface area contributed by atoms with Gasteiger partial charge in [-0.1, -0.05) is 0 Å². The second-order valence-electron chi connectivity index (χ2n) is 5.27. The Kier molecular flexibility index (Phi) is 4.79. The van der Waals surface area contributed by atoms with Crippen LogP contribution in [0.3, 0.4) is 0 Å². The number of likely N-dealkylation sites (N-methyl/N-ethyl adjacent to an activating group) is 1. The Hall–Kier alpha value is -0.960. The molecule has 0 unspecified atom stereocenters. The maximum Gasteiger partial charge on any atom is 0.260 e. The minimum atomic E-state index is -3.55. The molecule has 20 heavy (non-hydrogen) atoms. The lowest BCUT2D eigenvalue weighted by Crippen LogP contribution is -2.34. The Balaban J connectivity index is 1.98. The van der Waals surface area contributed by atoms with E-state index in [9.17, 15) is 8.42 Å². The van der Waals surface area contributed by atoms with Gasteiger partial charge in [0, 0.05) is 36.9 Å². The molecule has 114 valence electrons. The van der Waals surface area contributed by atoms with Gasteiger partial charge in [0.1, 0.15) is 0 Å². The van der Waals surface area contributed by atoms with Gasteiger partial charge in [-0.25, -0.2) is 13.1 Å². The molecule has 1 aromatic heterocycles. The van der Waals surface area contributed by atoms with E-state index in [1.165, 1.54) is 12.8 Å². The first kappa shape index (κ1) is 15.4. The molecule has 1 aromatic rings. The second-order valence-corrected chi connectivity index (χ2v) is 6.95. The number of aromatic nitrogens is 2. The van der Waals surface area contributed by atoms with Crippen molar-refractivity contribution in [3.63, 3.8) is 0 Å². The van der Waals surface area contributed by atoms with Crippen LogP contribution < -0.4 is 10.0 Å². The van der Waals surface area contributed by atoms with Crippen LogP contribution in [0.4, 0.5) is 0 Å². The average Bonchev–Trinajstić information content (AvgIpc) is 3.16. The molecule has 1 aliphatic rings. The monoisotopic (exact) mass is 301 g/mol. The molecule has 1 heterocycles. The van der Waals surface area contributed by atoms with Gasteiger partial charge in [0.15, 0.2) is 5.03 Å². The van der Waals surface area contributed by atoms with E-state index < -0.39 is 10.0 Å². The summed E-state index contributed by atoms with van der Waals surface area (Å²) < 4.78 is 27.2. The quantitative estimate of drug-likeness (QED) is 0.619. The minimum Gasteiger partial charge on any atom is -0.316 e. The van der Waals surface area contributed by atoms with Crippen molar-refractivity contribution in [1.29, 1.82) is 0 Å². The molecule has 0 spiro atoms. The molecule has 8 heteroatoms. The van der Waals surface area contributed by atoms with Crippen molar-refractivity contribution in [3.8, 4) is 0 Å². The highest BCUT2D eigenvalue weighted by Gasteiger charge is 2.27. The predicted octanol–water partition coefficient (Wildman–Crippen LogP) is -0.190. The van der Waals surface area contributed by atoms with Crippen molar-refractivity contribution >= 4 is 10.0 Å². The highest BCUT2D eigenvalue weighted by Crippen LogP contribution is 2.24. The third-order valence-corrected chi connectivity index (χ3v) is 5.00. The van der Waals surface area contributed by atoms with Crippen LogP contribution in [0.1, 0.15) is 24.1 Å². The fourth-order valence-electron chi connectivity index (χ4n) is 2.16. The Morgan fingerprint density at radius 3 is 2.75 bits per heavy atom. The summed E-state index contributed by atoms with van der Waals surface area (Å²) in [4.78, 5) is 2.19. The van der Waals surface area contributed by atoms with Gasteiger partial charge in [0.2, 0.25) is 0 Å². The lowest BCUT2D eigenvalue weighted by Gasteiger charge is -2.15. The highest BCUT2D eigenvalue weighted by atomic mass is 32.2. The van der Waals surface area contributed by atoms with Crippen LogP contribution in [-0.4, -0.2) is 56.7 Å². The van der Waals surface area contributed by atoms with Crippen LogP contribution in [0, 0.1) is 6.92 Å². The third kappa shape index (κ3) is 3.57. The number of aromatic amines is 1. The van der Waals surface area contributed by atoms with Gasteiger partial charge in [-0.2, -0.15) is 5.10 Å². The number of nitrogens with zero attached hydrogens (tertiary/aromatic N) is 2. The van der Waals surface area contributed by atoms with E-state index in [1.54, 1.807) is 7.05 Å². The summed E-state index contributed by atoms with van der Waals surface area (Å²) in [5, 5.41) is 9.71. The smallest absolute Gasteiger partial charge is 0.260 e. The third-order valence-electron chi connectivity index (χ3n) is 3.57. The zero-order valence-corrected chi connectivity index (χ0v) is 13.0. The lowest BCUT2D eigenvalue weighted by molar-refractivity contribution is 0.329. The molecule has 2 rings (SSSR count). The van der Waals surface area contributed by atoms with Crippen molar-refractivity contribution in [2.45, 2.75) is 37.4 Å². The van der Waals surface area contributed by atoms with Crippen molar-refractivity contribution in [3.05, 3.63) is 11.3 Å². The Bertz CT molecular complexity index is 550. The number of aryl methyl sites for hydroxylation is 1. The largest absolute Gasteiger partial charge is 0.316 e. The molecular formula is C12H23N5O2S. The molecule has 0 radical (unpaired) electrons. The van der Waals surface area contributed by atoms with Crippen LogP contribution >= 0.6 is 0 Å². The first-order valence-electron chi connectivity index (χ1n) is 6.84. The maximum absolute atomic E-state index is 12.3. The number of hydrogen-bond acceptors (Lipinski definition) is 5. The molecule has 0 aliphatic heterocycles. The molecule has 7 nitrogen and oxygen atoms in total. The average molecular weight is 301 g/mol. The van der Waals surface area contributed by atoms with E-state index in [-0.39, 0.29) is 5.03 Å². The van der Waals surface area contributed by atoms with Gasteiger partial charge in [-0.3, -0.25) is 5.10 Å². The predicted molar refractivity (Wildman–Crippen MR) is 76.9 cm³/mol. The molecule has 1 fully saturated rings. The molecule has 0 bridgehead atoms.